The lowest BCUT2D eigenvalue weighted by molar-refractivity contribution is -0.137. The SMILES string of the molecule is C=CCS(=O)c1c(C#N)nn(-c2c(Cl)cc(C(F)(F)F)cc2Cl)c1N. The molecule has 0 amide bonds. The molecule has 1 unspecified atom stereocenters. The number of hydrogen-bond donors (Lipinski definition) is 1. The summed E-state index contributed by atoms with van der Waals surface area (Å²) in [6, 6.07) is 3.06. The van der Waals surface area contributed by atoms with E-state index in [9.17, 15) is 17.4 Å². The number of alkyl halides is 3. The first kappa shape index (κ1) is 19.3. The Balaban J connectivity index is 2.70. The summed E-state index contributed by atoms with van der Waals surface area (Å²) >= 11 is 11.8. The lowest BCUT2D eigenvalue weighted by atomic mass is 10.2. The van der Waals surface area contributed by atoms with Gasteiger partial charge in [-0.1, -0.05) is 29.3 Å². The zero-order valence-corrected chi connectivity index (χ0v) is 14.6. The van der Waals surface area contributed by atoms with Gasteiger partial charge in [-0.15, -0.1) is 6.58 Å². The van der Waals surface area contributed by atoms with Gasteiger partial charge >= 0.3 is 6.18 Å². The molecule has 1 aromatic carbocycles. The number of nitrogen functional groups attached to an aromatic ring is 1. The van der Waals surface area contributed by atoms with E-state index in [0.717, 1.165) is 4.68 Å². The van der Waals surface area contributed by atoms with Crippen molar-refractivity contribution in [1.82, 2.24) is 9.78 Å². The highest BCUT2D eigenvalue weighted by molar-refractivity contribution is 7.85. The minimum atomic E-state index is -4.64. The Morgan fingerprint density at radius 1 is 1.40 bits per heavy atom. The van der Waals surface area contributed by atoms with Gasteiger partial charge in [-0.3, -0.25) is 4.21 Å². The largest absolute Gasteiger partial charge is 0.416 e. The number of halogens is 5. The van der Waals surface area contributed by atoms with Gasteiger partial charge < -0.3 is 5.73 Å². The second-order valence-electron chi connectivity index (χ2n) is 4.67. The van der Waals surface area contributed by atoms with E-state index in [1.54, 1.807) is 6.07 Å². The van der Waals surface area contributed by atoms with E-state index in [1.165, 1.54) is 6.08 Å². The molecule has 132 valence electrons. The van der Waals surface area contributed by atoms with Crippen LogP contribution in [0, 0.1) is 11.3 Å². The molecule has 1 heterocycles. The predicted octanol–water partition coefficient (Wildman–Crippen LogP) is 3.95. The van der Waals surface area contributed by atoms with Gasteiger partial charge in [-0.25, -0.2) is 4.68 Å². The van der Waals surface area contributed by atoms with Crippen molar-refractivity contribution in [3.63, 3.8) is 0 Å². The summed E-state index contributed by atoms with van der Waals surface area (Å²) in [7, 11) is -1.71. The molecule has 0 saturated carbocycles. The highest BCUT2D eigenvalue weighted by Crippen LogP contribution is 2.39. The molecule has 0 aliphatic rings. The predicted molar refractivity (Wildman–Crippen MR) is 89.2 cm³/mol. The third kappa shape index (κ3) is 3.66. The maximum atomic E-state index is 12.8. The van der Waals surface area contributed by atoms with Crippen LogP contribution in [0.3, 0.4) is 0 Å². The minimum absolute atomic E-state index is 0.0129. The van der Waals surface area contributed by atoms with Crippen LogP contribution in [0.4, 0.5) is 19.0 Å². The Morgan fingerprint density at radius 2 is 1.96 bits per heavy atom. The summed E-state index contributed by atoms with van der Waals surface area (Å²) in [6.07, 6.45) is -3.28. The van der Waals surface area contributed by atoms with Gasteiger partial charge in [0.2, 0.25) is 0 Å². The lowest BCUT2D eigenvalue weighted by Crippen LogP contribution is -2.09. The third-order valence-corrected chi connectivity index (χ3v) is 5.01. The lowest BCUT2D eigenvalue weighted by Gasteiger charge is -2.13. The van der Waals surface area contributed by atoms with Crippen molar-refractivity contribution < 1.29 is 17.4 Å². The first-order valence-corrected chi connectivity index (χ1v) is 8.53. The minimum Gasteiger partial charge on any atom is -0.383 e. The number of nitrogens with zero attached hydrogens (tertiary/aromatic N) is 3. The van der Waals surface area contributed by atoms with Crippen LogP contribution in [-0.2, 0) is 17.0 Å². The first-order chi connectivity index (χ1) is 11.6. The monoisotopic (exact) mass is 408 g/mol. The van der Waals surface area contributed by atoms with E-state index >= 15 is 0 Å². The number of nitriles is 1. The van der Waals surface area contributed by atoms with Gasteiger partial charge in [-0.2, -0.15) is 23.5 Å². The zero-order valence-electron chi connectivity index (χ0n) is 12.3. The van der Waals surface area contributed by atoms with Gasteiger partial charge in [0.25, 0.3) is 0 Å². The molecule has 11 heteroatoms. The van der Waals surface area contributed by atoms with Crippen LogP contribution in [0.25, 0.3) is 5.69 Å². The molecular weight excluding hydrogens is 400 g/mol. The number of aromatic nitrogens is 2. The summed E-state index contributed by atoms with van der Waals surface area (Å²) in [6.45, 7) is 3.44. The van der Waals surface area contributed by atoms with Crippen molar-refractivity contribution >= 4 is 39.8 Å². The number of nitrogens with two attached hydrogens (primary N) is 1. The number of benzene rings is 1. The summed E-state index contributed by atoms with van der Waals surface area (Å²) in [5.74, 6) is -0.195. The topological polar surface area (TPSA) is 84.7 Å². The van der Waals surface area contributed by atoms with Crippen molar-refractivity contribution in [1.29, 1.82) is 5.26 Å². The summed E-state index contributed by atoms with van der Waals surface area (Å²) in [5.41, 5.74) is 4.45. The highest BCUT2D eigenvalue weighted by atomic mass is 35.5. The molecule has 0 saturated heterocycles. The van der Waals surface area contributed by atoms with Crippen molar-refractivity contribution in [2.24, 2.45) is 0 Å². The smallest absolute Gasteiger partial charge is 0.383 e. The Bertz CT molecular complexity index is 895. The van der Waals surface area contributed by atoms with Crippen LogP contribution in [-0.4, -0.2) is 19.7 Å². The van der Waals surface area contributed by atoms with Crippen molar-refractivity contribution in [3.05, 3.63) is 46.1 Å². The second-order valence-corrected chi connectivity index (χ2v) is 6.92. The van der Waals surface area contributed by atoms with E-state index in [2.05, 4.69) is 11.7 Å². The third-order valence-electron chi connectivity index (χ3n) is 3.03. The Morgan fingerprint density at radius 3 is 2.40 bits per heavy atom. The van der Waals surface area contributed by atoms with Crippen molar-refractivity contribution in [3.8, 4) is 11.8 Å². The molecule has 0 aliphatic heterocycles. The average Bonchev–Trinajstić information content (AvgIpc) is 2.82. The van der Waals surface area contributed by atoms with Crippen LogP contribution in [0.2, 0.25) is 10.0 Å². The Labute approximate surface area is 152 Å². The molecule has 0 fully saturated rings. The fourth-order valence-electron chi connectivity index (χ4n) is 2.01. The molecule has 5 nitrogen and oxygen atoms in total. The molecular formula is C14H9Cl2F3N4OS. The fraction of sp³-hybridized carbons (Fsp3) is 0.143. The van der Waals surface area contributed by atoms with Crippen LogP contribution in [0.1, 0.15) is 11.3 Å². The normalized spacial score (nSPS) is 12.6. The van der Waals surface area contributed by atoms with E-state index in [0.29, 0.717) is 12.1 Å². The van der Waals surface area contributed by atoms with Crippen LogP contribution >= 0.6 is 23.2 Å². The van der Waals surface area contributed by atoms with Gasteiger partial charge in [0.05, 0.1) is 26.4 Å². The van der Waals surface area contributed by atoms with Crippen molar-refractivity contribution in [2.45, 2.75) is 11.1 Å². The molecule has 0 aliphatic carbocycles. The molecule has 0 radical (unpaired) electrons. The molecule has 1 aromatic heterocycles. The number of rotatable bonds is 4. The molecule has 2 rings (SSSR count). The maximum Gasteiger partial charge on any atom is 0.416 e. The highest BCUT2D eigenvalue weighted by Gasteiger charge is 2.33. The Kier molecular flexibility index (Phi) is 5.46. The zero-order chi connectivity index (χ0) is 18.9. The standard InChI is InChI=1S/C14H9Cl2F3N4OS/c1-2-3-25(24)12-10(6-20)22-23(13(12)21)11-8(15)4-7(5-9(11)16)14(17,18)19/h2,4-5H,1,3,21H2. The van der Waals surface area contributed by atoms with Crippen LogP contribution < -0.4 is 5.73 Å². The van der Waals surface area contributed by atoms with Gasteiger partial charge in [-0.05, 0) is 12.1 Å². The van der Waals surface area contributed by atoms with E-state index in [1.807, 2.05) is 0 Å². The number of anilines is 1. The molecule has 0 spiro atoms. The van der Waals surface area contributed by atoms with Crippen LogP contribution in [0.5, 0.6) is 0 Å². The van der Waals surface area contributed by atoms with E-state index in [4.69, 9.17) is 34.2 Å². The van der Waals surface area contributed by atoms with Crippen LogP contribution in [0.15, 0.2) is 29.7 Å². The molecule has 1 atom stereocenters. The fourth-order valence-corrected chi connectivity index (χ4v) is 3.66. The molecule has 0 bridgehead atoms. The van der Waals surface area contributed by atoms with Gasteiger partial charge in [0, 0.05) is 5.75 Å². The summed E-state index contributed by atoms with van der Waals surface area (Å²) in [4.78, 5) is -0.0607. The summed E-state index contributed by atoms with van der Waals surface area (Å²) < 4.78 is 51.5. The second kappa shape index (κ2) is 7.07. The number of hydrogen-bond acceptors (Lipinski definition) is 4. The quantitative estimate of drug-likeness (QED) is 0.776. The first-order valence-electron chi connectivity index (χ1n) is 6.46. The molecule has 2 N–H and O–H groups in total. The van der Waals surface area contributed by atoms with E-state index in [-0.39, 0.29) is 37.9 Å². The van der Waals surface area contributed by atoms with Crippen molar-refractivity contribution in [2.75, 3.05) is 11.5 Å². The maximum absolute atomic E-state index is 12.8. The Hall–Kier alpha value is -2.02. The average molecular weight is 409 g/mol. The van der Waals surface area contributed by atoms with E-state index < -0.39 is 22.5 Å². The van der Waals surface area contributed by atoms with Gasteiger partial charge in [0.15, 0.2) is 5.69 Å². The van der Waals surface area contributed by atoms with Gasteiger partial charge in [0.1, 0.15) is 22.5 Å². The summed E-state index contributed by atoms with van der Waals surface area (Å²) in [5, 5.41) is 12.3. The molecule has 2 aromatic rings. The molecule has 25 heavy (non-hydrogen) atoms.